The lowest BCUT2D eigenvalue weighted by molar-refractivity contribution is 0.125. The van der Waals surface area contributed by atoms with Crippen LogP contribution in [0.3, 0.4) is 0 Å². The molecule has 2 aliphatic rings. The molecule has 128 valence electrons. The highest BCUT2D eigenvalue weighted by molar-refractivity contribution is 6.32. The maximum atomic E-state index is 9.59. The van der Waals surface area contributed by atoms with Gasteiger partial charge in [-0.2, -0.15) is 4.98 Å². The van der Waals surface area contributed by atoms with E-state index in [-0.39, 0.29) is 12.2 Å². The second-order valence-electron chi connectivity index (χ2n) is 6.69. The molecule has 0 spiro atoms. The van der Waals surface area contributed by atoms with E-state index in [4.69, 9.17) is 11.6 Å². The topological polar surface area (TPSA) is 90.3 Å². The Morgan fingerprint density at radius 2 is 1.39 bits per heavy atom. The van der Waals surface area contributed by atoms with Gasteiger partial charge in [0.2, 0.25) is 5.95 Å². The zero-order valence-corrected chi connectivity index (χ0v) is 14.0. The summed E-state index contributed by atoms with van der Waals surface area (Å²) in [5, 5.41) is 26.4. The molecule has 7 heteroatoms. The third-order valence-electron chi connectivity index (χ3n) is 4.81. The number of hydrogen-bond acceptors (Lipinski definition) is 6. The number of anilines is 2. The normalized spacial score (nSPS) is 31.6. The number of nitrogens with zero attached hydrogens (tertiary/aromatic N) is 2. The van der Waals surface area contributed by atoms with Gasteiger partial charge in [0.1, 0.15) is 5.02 Å². The quantitative estimate of drug-likeness (QED) is 0.673. The molecular formula is C16H25ClN4O2. The van der Waals surface area contributed by atoms with Crippen molar-refractivity contribution < 1.29 is 10.2 Å². The van der Waals surface area contributed by atoms with Crippen LogP contribution >= 0.6 is 11.6 Å². The van der Waals surface area contributed by atoms with Crippen LogP contribution in [0.15, 0.2) is 6.20 Å². The number of aromatic nitrogens is 2. The second-order valence-corrected chi connectivity index (χ2v) is 7.10. The molecule has 0 bridgehead atoms. The Balaban J connectivity index is 1.60. The molecular weight excluding hydrogens is 316 g/mol. The number of aliphatic hydroxyl groups excluding tert-OH is 2. The molecule has 0 radical (unpaired) electrons. The van der Waals surface area contributed by atoms with E-state index in [1.165, 1.54) is 0 Å². The van der Waals surface area contributed by atoms with Gasteiger partial charge < -0.3 is 20.8 Å². The zero-order chi connectivity index (χ0) is 16.2. The fourth-order valence-electron chi connectivity index (χ4n) is 3.35. The van der Waals surface area contributed by atoms with Gasteiger partial charge in [-0.25, -0.2) is 4.98 Å². The molecule has 6 nitrogen and oxygen atoms in total. The van der Waals surface area contributed by atoms with E-state index in [0.29, 0.717) is 28.9 Å². The van der Waals surface area contributed by atoms with Gasteiger partial charge in [0.05, 0.1) is 18.4 Å². The Morgan fingerprint density at radius 3 is 1.96 bits per heavy atom. The maximum absolute atomic E-state index is 9.59. The number of nitrogens with one attached hydrogen (secondary N) is 2. The highest BCUT2D eigenvalue weighted by Gasteiger charge is 2.22. The smallest absolute Gasteiger partial charge is 0.224 e. The van der Waals surface area contributed by atoms with Gasteiger partial charge in [0, 0.05) is 12.1 Å². The lowest BCUT2D eigenvalue weighted by atomic mass is 9.93. The zero-order valence-electron chi connectivity index (χ0n) is 13.2. The SMILES string of the molecule is OC1CCC(Nc2ncc(Cl)c(NC3CCC(O)CC3)n2)CC1. The summed E-state index contributed by atoms with van der Waals surface area (Å²) >= 11 is 6.21. The molecule has 0 saturated heterocycles. The molecule has 3 rings (SSSR count). The van der Waals surface area contributed by atoms with E-state index in [2.05, 4.69) is 20.6 Å². The molecule has 0 atom stereocenters. The Morgan fingerprint density at radius 1 is 0.870 bits per heavy atom. The minimum Gasteiger partial charge on any atom is -0.393 e. The Labute approximate surface area is 141 Å². The molecule has 4 N–H and O–H groups in total. The van der Waals surface area contributed by atoms with Crippen LogP contribution in [0.4, 0.5) is 11.8 Å². The van der Waals surface area contributed by atoms with Crippen LogP contribution in [0.1, 0.15) is 51.4 Å². The van der Waals surface area contributed by atoms with Crippen molar-refractivity contribution in [3.8, 4) is 0 Å². The lowest BCUT2D eigenvalue weighted by Gasteiger charge is -2.28. The Kier molecular flexibility index (Phi) is 5.56. The fourth-order valence-corrected chi connectivity index (χ4v) is 3.50. The van der Waals surface area contributed by atoms with Gasteiger partial charge >= 0.3 is 0 Å². The third kappa shape index (κ3) is 4.68. The van der Waals surface area contributed by atoms with Crippen molar-refractivity contribution in [2.24, 2.45) is 0 Å². The van der Waals surface area contributed by atoms with Crippen molar-refractivity contribution in [1.29, 1.82) is 0 Å². The largest absolute Gasteiger partial charge is 0.393 e. The van der Waals surface area contributed by atoms with Crippen molar-refractivity contribution in [2.75, 3.05) is 10.6 Å². The van der Waals surface area contributed by atoms with Crippen LogP contribution in [0, 0.1) is 0 Å². The fraction of sp³-hybridized carbons (Fsp3) is 0.750. The highest BCUT2D eigenvalue weighted by Crippen LogP contribution is 2.27. The monoisotopic (exact) mass is 340 g/mol. The molecule has 0 aromatic carbocycles. The standard InChI is InChI=1S/C16H25ClN4O2/c17-14-9-18-16(20-11-3-7-13(23)8-4-11)21-15(14)19-10-1-5-12(22)6-2-10/h9-13,22-23H,1-8H2,(H2,18,19,20,21). The molecule has 1 heterocycles. The summed E-state index contributed by atoms with van der Waals surface area (Å²) in [6, 6.07) is 0.598. The number of aliphatic hydroxyl groups is 2. The summed E-state index contributed by atoms with van der Waals surface area (Å²) in [5.41, 5.74) is 0. The summed E-state index contributed by atoms with van der Waals surface area (Å²) in [5.74, 6) is 1.23. The predicted molar refractivity (Wildman–Crippen MR) is 90.8 cm³/mol. The number of halogens is 1. The van der Waals surface area contributed by atoms with E-state index in [1.807, 2.05) is 0 Å². The van der Waals surface area contributed by atoms with Crippen LogP contribution in [0.2, 0.25) is 5.02 Å². The van der Waals surface area contributed by atoms with Crippen molar-refractivity contribution in [2.45, 2.75) is 75.7 Å². The van der Waals surface area contributed by atoms with Crippen molar-refractivity contribution in [3.63, 3.8) is 0 Å². The van der Waals surface area contributed by atoms with Crippen LogP contribution in [-0.2, 0) is 0 Å². The molecule has 2 fully saturated rings. The summed E-state index contributed by atoms with van der Waals surface area (Å²) in [4.78, 5) is 8.77. The molecule has 2 saturated carbocycles. The Bertz CT molecular complexity index is 515. The highest BCUT2D eigenvalue weighted by atomic mass is 35.5. The average Bonchev–Trinajstić information content (AvgIpc) is 2.55. The maximum Gasteiger partial charge on any atom is 0.224 e. The first-order valence-corrected chi connectivity index (χ1v) is 8.89. The van der Waals surface area contributed by atoms with Gasteiger partial charge in [0.25, 0.3) is 0 Å². The Hall–Kier alpha value is -1.11. The molecule has 0 unspecified atom stereocenters. The van der Waals surface area contributed by atoms with E-state index >= 15 is 0 Å². The average molecular weight is 341 g/mol. The van der Waals surface area contributed by atoms with Crippen LogP contribution in [-0.4, -0.2) is 44.5 Å². The molecule has 0 amide bonds. The van der Waals surface area contributed by atoms with Gasteiger partial charge in [-0.05, 0) is 51.4 Å². The first-order chi connectivity index (χ1) is 11.1. The van der Waals surface area contributed by atoms with Gasteiger partial charge in [-0.15, -0.1) is 0 Å². The summed E-state index contributed by atoms with van der Waals surface area (Å²) < 4.78 is 0. The van der Waals surface area contributed by atoms with Crippen molar-refractivity contribution in [3.05, 3.63) is 11.2 Å². The molecule has 1 aromatic rings. The summed E-state index contributed by atoms with van der Waals surface area (Å²) in [6.45, 7) is 0. The van der Waals surface area contributed by atoms with Crippen molar-refractivity contribution >= 4 is 23.4 Å². The summed E-state index contributed by atoms with van der Waals surface area (Å²) in [7, 11) is 0. The molecule has 2 aliphatic carbocycles. The van der Waals surface area contributed by atoms with Crippen LogP contribution in [0.25, 0.3) is 0 Å². The first-order valence-electron chi connectivity index (χ1n) is 8.52. The first kappa shape index (κ1) is 16.7. The molecule has 1 aromatic heterocycles. The van der Waals surface area contributed by atoms with Crippen molar-refractivity contribution in [1.82, 2.24) is 9.97 Å². The van der Waals surface area contributed by atoms with E-state index < -0.39 is 0 Å². The molecule has 23 heavy (non-hydrogen) atoms. The third-order valence-corrected chi connectivity index (χ3v) is 5.09. The van der Waals surface area contributed by atoms with Gasteiger partial charge in [0.15, 0.2) is 5.82 Å². The minimum absolute atomic E-state index is 0.168. The summed E-state index contributed by atoms with van der Waals surface area (Å²) in [6.07, 6.45) is 8.25. The van der Waals surface area contributed by atoms with E-state index in [1.54, 1.807) is 6.20 Å². The lowest BCUT2D eigenvalue weighted by Crippen LogP contribution is -2.30. The second kappa shape index (κ2) is 7.64. The van der Waals surface area contributed by atoms with Gasteiger partial charge in [-0.3, -0.25) is 0 Å². The number of hydrogen-bond donors (Lipinski definition) is 4. The molecule has 0 aliphatic heterocycles. The van der Waals surface area contributed by atoms with Crippen LogP contribution in [0.5, 0.6) is 0 Å². The van der Waals surface area contributed by atoms with E-state index in [9.17, 15) is 10.2 Å². The number of rotatable bonds is 4. The van der Waals surface area contributed by atoms with E-state index in [0.717, 1.165) is 51.4 Å². The van der Waals surface area contributed by atoms with Gasteiger partial charge in [-0.1, -0.05) is 11.6 Å². The van der Waals surface area contributed by atoms with Crippen LogP contribution < -0.4 is 10.6 Å². The predicted octanol–water partition coefficient (Wildman–Crippen LogP) is 2.56. The minimum atomic E-state index is -0.173.